The number of hydrogen-bond donors (Lipinski definition) is 0. The van der Waals surface area contributed by atoms with Crippen molar-refractivity contribution >= 4 is 15.7 Å². The summed E-state index contributed by atoms with van der Waals surface area (Å²) in [6.07, 6.45) is 1.58. The van der Waals surface area contributed by atoms with Crippen LogP contribution in [-0.2, 0) is 10.0 Å². The minimum absolute atomic E-state index is 0.226. The van der Waals surface area contributed by atoms with Gasteiger partial charge in [0, 0.05) is 31.9 Å². The molecule has 0 aliphatic carbocycles. The third-order valence-corrected chi connectivity index (χ3v) is 5.52. The maximum atomic E-state index is 13.2. The van der Waals surface area contributed by atoms with E-state index in [0.717, 1.165) is 12.1 Å². The van der Waals surface area contributed by atoms with Crippen molar-refractivity contribution in [3.05, 3.63) is 30.1 Å². The molecule has 2 rings (SSSR count). The molecule has 1 fully saturated rings. The Labute approximate surface area is 120 Å². The Hall–Kier alpha value is -1.14. The Morgan fingerprint density at radius 1 is 1.20 bits per heavy atom. The monoisotopic (exact) mass is 300 g/mol. The van der Waals surface area contributed by atoms with Crippen LogP contribution in [-0.4, -0.2) is 44.7 Å². The second-order valence-electron chi connectivity index (χ2n) is 5.04. The van der Waals surface area contributed by atoms with Gasteiger partial charge in [-0.25, -0.2) is 12.8 Å². The van der Waals surface area contributed by atoms with Crippen LogP contribution in [0.25, 0.3) is 0 Å². The van der Waals surface area contributed by atoms with Crippen LogP contribution in [0.4, 0.5) is 10.1 Å². The third-order valence-electron chi connectivity index (χ3n) is 3.56. The molecule has 6 heteroatoms. The van der Waals surface area contributed by atoms with E-state index in [9.17, 15) is 12.8 Å². The average molecular weight is 300 g/mol. The van der Waals surface area contributed by atoms with Gasteiger partial charge in [-0.3, -0.25) is 0 Å². The zero-order valence-electron chi connectivity index (χ0n) is 11.8. The smallest absolute Gasteiger partial charge is 0.214 e. The third kappa shape index (κ3) is 3.70. The lowest BCUT2D eigenvalue weighted by Crippen LogP contribution is -2.49. The number of benzene rings is 1. The maximum Gasteiger partial charge on any atom is 0.214 e. The molecule has 0 radical (unpaired) electrons. The fourth-order valence-electron chi connectivity index (χ4n) is 2.35. The lowest BCUT2D eigenvalue weighted by atomic mass is 10.2. The second kappa shape index (κ2) is 6.54. The van der Waals surface area contributed by atoms with Crippen LogP contribution < -0.4 is 4.90 Å². The summed E-state index contributed by atoms with van der Waals surface area (Å²) in [6.45, 7) is 4.14. The van der Waals surface area contributed by atoms with Crippen LogP contribution in [0.3, 0.4) is 0 Å². The SMILES string of the molecule is CCCCS(=O)(=O)N1CCN(c2cccc(F)c2)CC1. The van der Waals surface area contributed by atoms with Gasteiger partial charge in [0.1, 0.15) is 5.82 Å². The minimum Gasteiger partial charge on any atom is -0.369 e. The zero-order valence-corrected chi connectivity index (χ0v) is 12.6. The quantitative estimate of drug-likeness (QED) is 0.836. The topological polar surface area (TPSA) is 40.6 Å². The van der Waals surface area contributed by atoms with E-state index in [-0.39, 0.29) is 11.6 Å². The second-order valence-corrected chi connectivity index (χ2v) is 7.12. The van der Waals surface area contributed by atoms with Gasteiger partial charge in [0.2, 0.25) is 10.0 Å². The number of sulfonamides is 1. The van der Waals surface area contributed by atoms with Crippen LogP contribution in [0, 0.1) is 5.82 Å². The number of anilines is 1. The van der Waals surface area contributed by atoms with Crippen molar-refractivity contribution in [3.63, 3.8) is 0 Å². The largest absolute Gasteiger partial charge is 0.369 e. The van der Waals surface area contributed by atoms with Gasteiger partial charge in [-0.2, -0.15) is 4.31 Å². The summed E-state index contributed by atoms with van der Waals surface area (Å²) in [5, 5.41) is 0. The molecule has 0 bridgehead atoms. The highest BCUT2D eigenvalue weighted by Crippen LogP contribution is 2.19. The Bertz CT molecular complexity index is 540. The molecule has 0 aromatic heterocycles. The van der Waals surface area contributed by atoms with Gasteiger partial charge < -0.3 is 4.90 Å². The molecular weight excluding hydrogens is 279 g/mol. The number of nitrogens with zero attached hydrogens (tertiary/aromatic N) is 2. The van der Waals surface area contributed by atoms with Gasteiger partial charge in [-0.05, 0) is 24.6 Å². The molecule has 4 nitrogen and oxygen atoms in total. The number of halogens is 1. The highest BCUT2D eigenvalue weighted by atomic mass is 32.2. The number of unbranched alkanes of at least 4 members (excludes halogenated alkanes) is 1. The lowest BCUT2D eigenvalue weighted by molar-refractivity contribution is 0.384. The van der Waals surface area contributed by atoms with Crippen LogP contribution >= 0.6 is 0 Å². The van der Waals surface area contributed by atoms with Crippen LogP contribution in [0.5, 0.6) is 0 Å². The molecule has 1 heterocycles. The van der Waals surface area contributed by atoms with E-state index in [1.807, 2.05) is 17.9 Å². The van der Waals surface area contributed by atoms with Gasteiger partial charge in [-0.15, -0.1) is 0 Å². The van der Waals surface area contributed by atoms with Crippen molar-refractivity contribution in [2.45, 2.75) is 19.8 Å². The Balaban J connectivity index is 1.95. The average Bonchev–Trinajstić information content (AvgIpc) is 2.45. The number of piperazine rings is 1. The van der Waals surface area contributed by atoms with Crippen molar-refractivity contribution in [1.29, 1.82) is 0 Å². The molecule has 112 valence electrons. The van der Waals surface area contributed by atoms with E-state index in [2.05, 4.69) is 0 Å². The Morgan fingerprint density at radius 3 is 2.50 bits per heavy atom. The predicted molar refractivity (Wildman–Crippen MR) is 78.9 cm³/mol. The first-order chi connectivity index (χ1) is 9.53. The molecule has 1 aliphatic heterocycles. The molecular formula is C14H21FN2O2S. The van der Waals surface area contributed by atoms with E-state index in [1.165, 1.54) is 12.1 Å². The minimum atomic E-state index is -3.13. The zero-order chi connectivity index (χ0) is 14.6. The molecule has 1 aromatic carbocycles. The molecule has 0 amide bonds. The van der Waals surface area contributed by atoms with Gasteiger partial charge >= 0.3 is 0 Å². The van der Waals surface area contributed by atoms with Crippen molar-refractivity contribution in [1.82, 2.24) is 4.31 Å². The summed E-state index contributed by atoms with van der Waals surface area (Å²) in [5.74, 6) is -0.0378. The molecule has 0 spiro atoms. The van der Waals surface area contributed by atoms with Gasteiger partial charge in [0.15, 0.2) is 0 Å². The first-order valence-electron chi connectivity index (χ1n) is 7.01. The molecule has 20 heavy (non-hydrogen) atoms. The highest BCUT2D eigenvalue weighted by molar-refractivity contribution is 7.89. The molecule has 1 aromatic rings. The normalized spacial score (nSPS) is 17.4. The molecule has 0 unspecified atom stereocenters. The predicted octanol–water partition coefficient (Wildman–Crippen LogP) is 2.08. The summed E-state index contributed by atoms with van der Waals surface area (Å²) in [5.41, 5.74) is 0.815. The first-order valence-corrected chi connectivity index (χ1v) is 8.62. The van der Waals surface area contributed by atoms with Crippen LogP contribution in [0.1, 0.15) is 19.8 Å². The Kier molecular flexibility index (Phi) is 4.99. The standard InChI is InChI=1S/C14H21FN2O2S/c1-2-3-11-20(18,19)17-9-7-16(8-10-17)14-6-4-5-13(15)12-14/h4-6,12H,2-3,7-11H2,1H3. The molecule has 0 N–H and O–H groups in total. The van der Waals surface area contributed by atoms with E-state index in [4.69, 9.17) is 0 Å². The van der Waals surface area contributed by atoms with Gasteiger partial charge in [0.25, 0.3) is 0 Å². The van der Waals surface area contributed by atoms with Crippen LogP contribution in [0.15, 0.2) is 24.3 Å². The summed E-state index contributed by atoms with van der Waals surface area (Å²) < 4.78 is 38.9. The lowest BCUT2D eigenvalue weighted by Gasteiger charge is -2.35. The van der Waals surface area contributed by atoms with Crippen molar-refractivity contribution < 1.29 is 12.8 Å². The fourth-order valence-corrected chi connectivity index (χ4v) is 3.98. The van der Waals surface area contributed by atoms with Gasteiger partial charge in [-0.1, -0.05) is 19.4 Å². The van der Waals surface area contributed by atoms with E-state index in [0.29, 0.717) is 32.6 Å². The summed E-state index contributed by atoms with van der Waals surface area (Å²) in [6, 6.07) is 6.43. The van der Waals surface area contributed by atoms with Crippen molar-refractivity contribution in [2.75, 3.05) is 36.8 Å². The summed E-state index contributed by atoms with van der Waals surface area (Å²) in [7, 11) is -3.13. The van der Waals surface area contributed by atoms with E-state index >= 15 is 0 Å². The molecule has 1 saturated heterocycles. The van der Waals surface area contributed by atoms with Crippen LogP contribution in [0.2, 0.25) is 0 Å². The molecule has 1 aliphatic rings. The number of rotatable bonds is 5. The molecule has 0 saturated carbocycles. The van der Waals surface area contributed by atoms with Gasteiger partial charge in [0.05, 0.1) is 5.75 Å². The Morgan fingerprint density at radius 2 is 1.90 bits per heavy atom. The number of hydrogen-bond acceptors (Lipinski definition) is 3. The maximum absolute atomic E-state index is 13.2. The molecule has 0 atom stereocenters. The summed E-state index contributed by atoms with van der Waals surface area (Å²) >= 11 is 0. The first kappa shape index (κ1) is 15.3. The fraction of sp³-hybridized carbons (Fsp3) is 0.571. The highest BCUT2D eigenvalue weighted by Gasteiger charge is 2.26. The van der Waals surface area contributed by atoms with E-state index in [1.54, 1.807) is 10.4 Å². The van der Waals surface area contributed by atoms with E-state index < -0.39 is 10.0 Å². The van der Waals surface area contributed by atoms with Crippen molar-refractivity contribution in [2.24, 2.45) is 0 Å². The van der Waals surface area contributed by atoms with Crippen molar-refractivity contribution in [3.8, 4) is 0 Å². The summed E-state index contributed by atoms with van der Waals surface area (Å²) in [4.78, 5) is 2.02.